The third-order valence-corrected chi connectivity index (χ3v) is 5.88. The van der Waals surface area contributed by atoms with E-state index in [1.807, 2.05) is 66.7 Å². The van der Waals surface area contributed by atoms with Gasteiger partial charge in [-0.05, 0) is 46.5 Å². The highest BCUT2D eigenvalue weighted by molar-refractivity contribution is 9.10. The Balaban J connectivity index is 2.35. The predicted octanol–water partition coefficient (Wildman–Crippen LogP) is 6.58. The van der Waals surface area contributed by atoms with Crippen molar-refractivity contribution in [3.05, 3.63) is 75.7 Å². The summed E-state index contributed by atoms with van der Waals surface area (Å²) in [5, 5.41) is 0. The van der Waals surface area contributed by atoms with E-state index >= 15 is 0 Å². The molecule has 0 heterocycles. The predicted molar refractivity (Wildman–Crippen MR) is 108 cm³/mol. The molecule has 2 nitrogen and oxygen atoms in total. The second-order valence-corrected chi connectivity index (χ2v) is 9.47. The number of hydrogen-bond acceptors (Lipinski definition) is 2. The van der Waals surface area contributed by atoms with Crippen molar-refractivity contribution in [1.29, 1.82) is 4.78 Å². The van der Waals surface area contributed by atoms with E-state index in [0.717, 1.165) is 31.2 Å². The molecule has 0 bridgehead atoms. The molecule has 1 N–H and O–H groups in total. The van der Waals surface area contributed by atoms with Gasteiger partial charge < -0.3 is 0 Å². The summed E-state index contributed by atoms with van der Waals surface area (Å²) in [6, 6.07) is 21.5. The summed E-state index contributed by atoms with van der Waals surface area (Å²) in [5.74, 6) is 0. The minimum absolute atomic E-state index is 0.571. The molecule has 0 saturated carbocycles. The van der Waals surface area contributed by atoms with E-state index in [1.54, 1.807) is 0 Å². The van der Waals surface area contributed by atoms with Crippen LogP contribution in [0.3, 0.4) is 0 Å². The average molecular weight is 465 g/mol. The summed E-state index contributed by atoms with van der Waals surface area (Å²) in [7, 11) is -2.92. The topological polar surface area (TPSA) is 40.9 Å². The molecular formula is C19H15Br2NOS. The fourth-order valence-electron chi connectivity index (χ4n) is 2.72. The first-order valence-electron chi connectivity index (χ1n) is 7.25. The number of halogens is 2. The highest BCUT2D eigenvalue weighted by Gasteiger charge is 2.18. The summed E-state index contributed by atoms with van der Waals surface area (Å²) in [4.78, 5) is 0.571. The lowest BCUT2D eigenvalue weighted by Gasteiger charge is -2.16. The summed E-state index contributed by atoms with van der Waals surface area (Å²) in [6.45, 7) is 0. The van der Waals surface area contributed by atoms with Crippen molar-refractivity contribution < 1.29 is 4.21 Å². The van der Waals surface area contributed by atoms with E-state index in [0.29, 0.717) is 4.90 Å². The molecule has 0 aliphatic rings. The van der Waals surface area contributed by atoms with Gasteiger partial charge in [-0.2, -0.15) is 0 Å². The highest BCUT2D eigenvalue weighted by Crippen LogP contribution is 2.37. The van der Waals surface area contributed by atoms with E-state index in [4.69, 9.17) is 4.78 Å². The molecule has 1 atom stereocenters. The Bertz CT molecular complexity index is 950. The average Bonchev–Trinajstić information content (AvgIpc) is 2.53. The maximum absolute atomic E-state index is 12.8. The van der Waals surface area contributed by atoms with Crippen LogP contribution in [0, 0.1) is 4.78 Å². The van der Waals surface area contributed by atoms with Crippen LogP contribution in [0.25, 0.3) is 22.3 Å². The minimum Gasteiger partial charge on any atom is -0.249 e. The van der Waals surface area contributed by atoms with Crippen molar-refractivity contribution in [2.45, 2.75) is 4.90 Å². The van der Waals surface area contributed by atoms with Crippen molar-refractivity contribution in [1.82, 2.24) is 0 Å². The Kier molecular flexibility index (Phi) is 4.95. The fraction of sp³-hybridized carbons (Fsp3) is 0.0526. The Morgan fingerprint density at radius 1 is 0.792 bits per heavy atom. The van der Waals surface area contributed by atoms with Gasteiger partial charge in [0.1, 0.15) is 0 Å². The molecule has 3 aromatic rings. The van der Waals surface area contributed by atoms with Crippen molar-refractivity contribution in [3.8, 4) is 22.3 Å². The van der Waals surface area contributed by atoms with E-state index in [-0.39, 0.29) is 0 Å². The van der Waals surface area contributed by atoms with Crippen molar-refractivity contribution >= 4 is 41.6 Å². The molecule has 0 radical (unpaired) electrons. The molecule has 0 aromatic heterocycles. The minimum atomic E-state index is -2.92. The van der Waals surface area contributed by atoms with Gasteiger partial charge in [-0.1, -0.05) is 74.3 Å². The zero-order chi connectivity index (χ0) is 17.3. The van der Waals surface area contributed by atoms with E-state index in [2.05, 4.69) is 31.9 Å². The lowest BCUT2D eigenvalue weighted by molar-refractivity contribution is 0.679. The van der Waals surface area contributed by atoms with E-state index in [1.165, 1.54) is 6.26 Å². The maximum Gasteiger partial charge on any atom is 0.0709 e. The van der Waals surface area contributed by atoms with Crippen molar-refractivity contribution in [2.75, 3.05) is 6.26 Å². The van der Waals surface area contributed by atoms with Gasteiger partial charge in [-0.3, -0.25) is 0 Å². The zero-order valence-corrected chi connectivity index (χ0v) is 16.9. The molecule has 5 heteroatoms. The fourth-order valence-corrected chi connectivity index (χ4v) is 4.73. The summed E-state index contributed by atoms with van der Waals surface area (Å²) < 4.78 is 23.0. The van der Waals surface area contributed by atoms with Crippen LogP contribution in [0.1, 0.15) is 0 Å². The van der Waals surface area contributed by atoms with Crippen LogP contribution in [-0.2, 0) is 9.73 Å². The van der Waals surface area contributed by atoms with Crippen molar-refractivity contribution in [2.24, 2.45) is 0 Å². The molecular weight excluding hydrogens is 450 g/mol. The van der Waals surface area contributed by atoms with Crippen LogP contribution in [0.4, 0.5) is 0 Å². The lowest BCUT2D eigenvalue weighted by atomic mass is 9.99. The molecule has 0 aliphatic carbocycles. The number of benzene rings is 3. The standard InChI is InChI=1S/C19H15Br2NOS/c1-24(22,23)19-17(13-5-2-7-15(20)11-13)9-4-10-18(19)14-6-3-8-16(21)12-14/h2-12,22H,1H3. The molecule has 1 unspecified atom stereocenters. The van der Waals surface area contributed by atoms with Gasteiger partial charge in [0.25, 0.3) is 0 Å². The molecule has 0 fully saturated rings. The van der Waals surface area contributed by atoms with Gasteiger partial charge in [0.05, 0.1) is 14.6 Å². The number of rotatable bonds is 3. The number of hydrogen-bond donors (Lipinski definition) is 1. The van der Waals surface area contributed by atoms with E-state index in [9.17, 15) is 4.21 Å². The molecule has 0 aliphatic heterocycles. The van der Waals surface area contributed by atoms with Gasteiger partial charge in [-0.25, -0.2) is 8.99 Å². The molecule has 0 amide bonds. The summed E-state index contributed by atoms with van der Waals surface area (Å²) >= 11 is 6.97. The molecule has 24 heavy (non-hydrogen) atoms. The highest BCUT2D eigenvalue weighted by atomic mass is 79.9. The molecule has 0 saturated heterocycles. The lowest BCUT2D eigenvalue weighted by Crippen LogP contribution is -2.01. The van der Waals surface area contributed by atoms with Gasteiger partial charge in [0, 0.05) is 15.2 Å². The Hall–Kier alpha value is -1.43. The van der Waals surface area contributed by atoms with Crippen LogP contribution in [0.5, 0.6) is 0 Å². The van der Waals surface area contributed by atoms with Crippen LogP contribution >= 0.6 is 31.9 Å². The molecule has 3 aromatic carbocycles. The maximum atomic E-state index is 12.8. The van der Waals surface area contributed by atoms with Gasteiger partial charge in [-0.15, -0.1) is 0 Å². The first-order valence-corrected chi connectivity index (χ1v) is 10.8. The quantitative estimate of drug-likeness (QED) is 0.467. The molecule has 3 rings (SSSR count). The number of nitrogens with one attached hydrogen (secondary N) is 1. The third-order valence-electron chi connectivity index (χ3n) is 3.68. The van der Waals surface area contributed by atoms with Crippen LogP contribution < -0.4 is 0 Å². The van der Waals surface area contributed by atoms with Crippen molar-refractivity contribution in [3.63, 3.8) is 0 Å². The molecule has 122 valence electrons. The van der Waals surface area contributed by atoms with Gasteiger partial charge in [0.2, 0.25) is 0 Å². The first-order chi connectivity index (χ1) is 11.4. The van der Waals surface area contributed by atoms with Crippen LogP contribution in [0.2, 0.25) is 0 Å². The van der Waals surface area contributed by atoms with Crippen LogP contribution in [0.15, 0.2) is 80.6 Å². The van der Waals surface area contributed by atoms with Gasteiger partial charge in [0.15, 0.2) is 0 Å². The SMILES string of the molecule is CS(=N)(=O)c1c(-c2cccc(Br)c2)cccc1-c1cccc(Br)c1. The third kappa shape index (κ3) is 3.63. The normalized spacial score (nSPS) is 13.5. The second-order valence-electron chi connectivity index (χ2n) is 5.55. The smallest absolute Gasteiger partial charge is 0.0709 e. The van der Waals surface area contributed by atoms with Gasteiger partial charge >= 0.3 is 0 Å². The van der Waals surface area contributed by atoms with Crippen LogP contribution in [-0.4, -0.2) is 10.5 Å². The largest absolute Gasteiger partial charge is 0.249 e. The summed E-state index contributed by atoms with van der Waals surface area (Å²) in [5.41, 5.74) is 3.55. The van der Waals surface area contributed by atoms with E-state index < -0.39 is 9.73 Å². The monoisotopic (exact) mass is 463 g/mol. The Labute approximate surface area is 159 Å². The summed E-state index contributed by atoms with van der Waals surface area (Å²) in [6.07, 6.45) is 1.48. The second kappa shape index (κ2) is 6.82. The Morgan fingerprint density at radius 2 is 1.21 bits per heavy atom. The zero-order valence-electron chi connectivity index (χ0n) is 12.9. The molecule has 0 spiro atoms. The first kappa shape index (κ1) is 17.4. The Morgan fingerprint density at radius 3 is 1.58 bits per heavy atom.